The number of phenols is 3. The van der Waals surface area contributed by atoms with Crippen LogP contribution in [0, 0.1) is 0 Å². The molecule has 7 N–H and O–H groups in total. The molecular formula is C21H19ClO11. The van der Waals surface area contributed by atoms with Gasteiger partial charge in [0.15, 0.2) is 17.3 Å². The molecule has 1 saturated heterocycles. The van der Waals surface area contributed by atoms with E-state index >= 15 is 0 Å². The summed E-state index contributed by atoms with van der Waals surface area (Å²) in [6.07, 6.45) is -7.72. The van der Waals surface area contributed by atoms with E-state index in [9.17, 15) is 40.5 Å². The molecule has 1 aliphatic rings. The van der Waals surface area contributed by atoms with Crippen molar-refractivity contribution in [3.8, 4) is 34.3 Å². The Morgan fingerprint density at radius 2 is 1.67 bits per heavy atom. The highest BCUT2D eigenvalue weighted by Gasteiger charge is 2.44. The maximum Gasteiger partial charge on any atom is 0.229 e. The van der Waals surface area contributed by atoms with Crippen LogP contribution >= 0.6 is 11.6 Å². The van der Waals surface area contributed by atoms with Gasteiger partial charge in [0.1, 0.15) is 51.9 Å². The molecule has 4 rings (SSSR count). The van der Waals surface area contributed by atoms with E-state index in [1.165, 1.54) is 18.2 Å². The van der Waals surface area contributed by atoms with E-state index in [2.05, 4.69) is 0 Å². The van der Waals surface area contributed by atoms with Gasteiger partial charge in [-0.2, -0.15) is 0 Å². The minimum atomic E-state index is -1.70. The molecule has 0 aliphatic carbocycles. The summed E-state index contributed by atoms with van der Waals surface area (Å²) in [4.78, 5) is 12.8. The Kier molecular flexibility index (Phi) is 6.10. The zero-order valence-corrected chi connectivity index (χ0v) is 17.4. The second kappa shape index (κ2) is 8.71. The van der Waals surface area contributed by atoms with Crippen molar-refractivity contribution in [1.29, 1.82) is 0 Å². The molecule has 2 aromatic carbocycles. The molecule has 1 aliphatic heterocycles. The van der Waals surface area contributed by atoms with Gasteiger partial charge in [0.25, 0.3) is 0 Å². The molecule has 12 heteroatoms. The van der Waals surface area contributed by atoms with Crippen molar-refractivity contribution in [3.05, 3.63) is 45.6 Å². The summed E-state index contributed by atoms with van der Waals surface area (Å²) in [5.41, 5.74) is -0.794. The van der Waals surface area contributed by atoms with Gasteiger partial charge >= 0.3 is 0 Å². The van der Waals surface area contributed by atoms with Gasteiger partial charge < -0.3 is 49.6 Å². The van der Waals surface area contributed by atoms with E-state index in [1.54, 1.807) is 0 Å². The molecule has 11 nitrogen and oxygen atoms in total. The van der Waals surface area contributed by atoms with Gasteiger partial charge in [-0.1, -0.05) is 11.6 Å². The van der Waals surface area contributed by atoms with Gasteiger partial charge in [-0.25, -0.2) is 0 Å². The number of benzene rings is 2. The van der Waals surface area contributed by atoms with Gasteiger partial charge in [-0.3, -0.25) is 4.79 Å². The molecule has 0 amide bonds. The van der Waals surface area contributed by atoms with E-state index < -0.39 is 60.0 Å². The zero-order chi connectivity index (χ0) is 24.0. The van der Waals surface area contributed by atoms with Crippen LogP contribution in [0.5, 0.6) is 23.0 Å². The third-order valence-corrected chi connectivity index (χ3v) is 5.57. The molecule has 3 aromatic rings. The average molecular weight is 483 g/mol. The van der Waals surface area contributed by atoms with E-state index in [0.29, 0.717) is 0 Å². The predicted octanol–water partition coefficient (Wildman–Crippen LogP) is 0.409. The van der Waals surface area contributed by atoms with Gasteiger partial charge in [-0.05, 0) is 18.2 Å². The maximum absolute atomic E-state index is 12.8. The van der Waals surface area contributed by atoms with Crippen LogP contribution in [0.2, 0.25) is 5.02 Å². The third kappa shape index (κ3) is 4.06. The summed E-state index contributed by atoms with van der Waals surface area (Å²) in [5.74, 6) is -1.74. The lowest BCUT2D eigenvalue weighted by Gasteiger charge is -2.39. The first-order valence-electron chi connectivity index (χ1n) is 9.61. The van der Waals surface area contributed by atoms with Gasteiger partial charge in [0.2, 0.25) is 11.7 Å². The summed E-state index contributed by atoms with van der Waals surface area (Å²) in [6, 6.07) is 5.86. The number of aliphatic hydroxyl groups excluding tert-OH is 4. The quantitative estimate of drug-likeness (QED) is 0.255. The van der Waals surface area contributed by atoms with Crippen LogP contribution in [-0.2, 0) is 4.74 Å². The number of fused-ring (bicyclic) bond motifs is 1. The van der Waals surface area contributed by atoms with E-state index in [-0.39, 0.29) is 33.1 Å². The molecule has 176 valence electrons. The van der Waals surface area contributed by atoms with E-state index in [0.717, 1.165) is 12.1 Å². The normalized spacial score (nSPS) is 25.3. The summed E-state index contributed by atoms with van der Waals surface area (Å²) >= 11 is 6.13. The molecule has 1 fully saturated rings. The number of ether oxygens (including phenoxy) is 2. The second-order valence-electron chi connectivity index (χ2n) is 7.41. The average Bonchev–Trinajstić information content (AvgIpc) is 2.78. The van der Waals surface area contributed by atoms with Crippen LogP contribution in [0.4, 0.5) is 0 Å². The first-order chi connectivity index (χ1) is 15.6. The Hall–Kier alpha value is -3.06. The highest BCUT2D eigenvalue weighted by molar-refractivity contribution is 6.33. The summed E-state index contributed by atoms with van der Waals surface area (Å²) in [5, 5.41) is 68.2. The Morgan fingerprint density at radius 3 is 2.33 bits per heavy atom. The maximum atomic E-state index is 12.8. The first-order valence-corrected chi connectivity index (χ1v) is 9.99. The molecule has 0 radical (unpaired) electrons. The lowest BCUT2D eigenvalue weighted by atomic mass is 9.99. The summed E-state index contributed by atoms with van der Waals surface area (Å²) < 4.78 is 16.4. The number of aliphatic hydroxyl groups is 4. The van der Waals surface area contributed by atoms with Crippen molar-refractivity contribution < 1.29 is 49.6 Å². The number of phenolic OH excluding ortho intramolecular Hbond substituents is 3. The molecule has 5 atom stereocenters. The highest BCUT2D eigenvalue weighted by Crippen LogP contribution is 2.38. The molecule has 33 heavy (non-hydrogen) atoms. The van der Waals surface area contributed by atoms with Crippen LogP contribution in [0.3, 0.4) is 0 Å². The molecule has 0 saturated carbocycles. The number of hydrogen-bond acceptors (Lipinski definition) is 11. The zero-order valence-electron chi connectivity index (χ0n) is 16.6. The number of rotatable bonds is 4. The fraction of sp³-hybridized carbons (Fsp3) is 0.286. The fourth-order valence-corrected chi connectivity index (χ4v) is 3.71. The third-order valence-electron chi connectivity index (χ3n) is 5.23. The van der Waals surface area contributed by atoms with Crippen LogP contribution in [0.25, 0.3) is 22.3 Å². The largest absolute Gasteiger partial charge is 0.507 e. The van der Waals surface area contributed by atoms with Crippen molar-refractivity contribution in [2.75, 3.05) is 6.61 Å². The van der Waals surface area contributed by atoms with E-state index in [4.69, 9.17) is 25.5 Å². The molecule has 1 unspecified atom stereocenters. The highest BCUT2D eigenvalue weighted by atomic mass is 35.5. The van der Waals surface area contributed by atoms with Crippen molar-refractivity contribution in [2.45, 2.75) is 30.7 Å². The van der Waals surface area contributed by atoms with Gasteiger partial charge in [0, 0.05) is 17.7 Å². The summed E-state index contributed by atoms with van der Waals surface area (Å²) in [6.45, 7) is -0.663. The number of aromatic hydroxyl groups is 3. The number of hydrogen-bond donors (Lipinski definition) is 7. The first kappa shape index (κ1) is 23.1. The lowest BCUT2D eigenvalue weighted by molar-refractivity contribution is -0.277. The minimum absolute atomic E-state index is 0.144. The fourth-order valence-electron chi connectivity index (χ4n) is 3.47. The van der Waals surface area contributed by atoms with Crippen molar-refractivity contribution in [2.24, 2.45) is 0 Å². The van der Waals surface area contributed by atoms with Gasteiger partial charge in [0.05, 0.1) is 6.61 Å². The minimum Gasteiger partial charge on any atom is -0.507 e. The van der Waals surface area contributed by atoms with Gasteiger partial charge in [-0.15, -0.1) is 0 Å². The Balaban J connectivity index is 1.76. The standard InChI is InChI=1S/C21H19ClO11/c22-15-17(28)14-11(26)4-8(31-21-19(30)18(29)16(27)13(6-23)33-21)5-12(14)32-20(15)7-1-2-9(24)10(25)3-7/h1-5,13,16,18-19,21,23-27,29-30H,6H2/t13-,16-,18+,19-,21?/m1/s1. The van der Waals surface area contributed by atoms with Crippen LogP contribution < -0.4 is 10.2 Å². The summed E-state index contributed by atoms with van der Waals surface area (Å²) in [7, 11) is 0. The Bertz CT molecular complexity index is 1260. The van der Waals surface area contributed by atoms with Crippen LogP contribution in [0.15, 0.2) is 39.5 Å². The van der Waals surface area contributed by atoms with Crippen LogP contribution in [-0.4, -0.2) is 73.1 Å². The monoisotopic (exact) mass is 482 g/mol. The topological polar surface area (TPSA) is 190 Å². The van der Waals surface area contributed by atoms with Crippen LogP contribution in [0.1, 0.15) is 0 Å². The SMILES string of the molecule is O=c1c(Cl)c(-c2ccc(O)c(O)c2)oc2cc(OC3O[C@H](CO)[C@@H](O)[C@H](O)[C@H]3O)cc(O)c12. The molecule has 2 heterocycles. The molecule has 0 spiro atoms. The smallest absolute Gasteiger partial charge is 0.229 e. The van der Waals surface area contributed by atoms with Crippen molar-refractivity contribution in [1.82, 2.24) is 0 Å². The van der Waals surface area contributed by atoms with E-state index in [1.807, 2.05) is 0 Å². The molecule has 1 aromatic heterocycles. The number of halogens is 1. The Labute approximate surface area is 189 Å². The molecule has 0 bridgehead atoms. The second-order valence-corrected chi connectivity index (χ2v) is 7.79. The lowest BCUT2D eigenvalue weighted by Crippen LogP contribution is -2.60. The van der Waals surface area contributed by atoms with Crippen molar-refractivity contribution in [3.63, 3.8) is 0 Å². The Morgan fingerprint density at radius 1 is 0.939 bits per heavy atom. The molecular weight excluding hydrogens is 464 g/mol. The predicted molar refractivity (Wildman–Crippen MR) is 112 cm³/mol. The van der Waals surface area contributed by atoms with Crippen molar-refractivity contribution >= 4 is 22.6 Å².